The molecule has 1 aromatic carbocycles. The summed E-state index contributed by atoms with van der Waals surface area (Å²) in [6, 6.07) is 7.01. The maximum atomic E-state index is 8.91. The summed E-state index contributed by atoms with van der Waals surface area (Å²) >= 11 is 0. The van der Waals surface area contributed by atoms with Crippen LogP contribution in [-0.4, -0.2) is 22.8 Å². The van der Waals surface area contributed by atoms with Crippen LogP contribution in [0.25, 0.3) is 0 Å². The van der Waals surface area contributed by atoms with E-state index in [0.29, 0.717) is 12.0 Å². The Morgan fingerprint density at radius 3 is 2.19 bits per heavy atom. The fourth-order valence-corrected chi connectivity index (χ4v) is 1.14. The topological polar surface area (TPSA) is 61.7 Å². The molecule has 88 valence electrons. The fourth-order valence-electron chi connectivity index (χ4n) is 1.14. The van der Waals surface area contributed by atoms with E-state index in [-0.39, 0.29) is 5.60 Å². The van der Waals surface area contributed by atoms with Crippen molar-refractivity contribution in [2.24, 2.45) is 0 Å². The summed E-state index contributed by atoms with van der Waals surface area (Å²) in [6.07, 6.45) is 0. The average Bonchev–Trinajstić information content (AvgIpc) is 2.16. The lowest BCUT2D eigenvalue weighted by atomic mass is 9.80. The number of hydrogen-bond donors (Lipinski definition) is 3. The molecule has 0 aromatic heterocycles. The third kappa shape index (κ3) is 4.76. The molecular formula is C11H18BNO3. The zero-order valence-electron chi connectivity index (χ0n) is 9.90. The van der Waals surface area contributed by atoms with Crippen LogP contribution >= 0.6 is 0 Å². The van der Waals surface area contributed by atoms with Gasteiger partial charge in [-0.25, -0.2) is 0 Å². The minimum absolute atomic E-state index is 0.221. The third-order valence-electron chi connectivity index (χ3n) is 1.93. The van der Waals surface area contributed by atoms with Gasteiger partial charge in [-0.3, -0.25) is 4.84 Å². The van der Waals surface area contributed by atoms with Crippen LogP contribution in [0.1, 0.15) is 26.3 Å². The molecule has 4 nitrogen and oxygen atoms in total. The Morgan fingerprint density at radius 2 is 1.75 bits per heavy atom. The summed E-state index contributed by atoms with van der Waals surface area (Å²) in [4.78, 5) is 5.36. The van der Waals surface area contributed by atoms with Crippen LogP contribution in [0.3, 0.4) is 0 Å². The molecular weight excluding hydrogens is 205 g/mol. The van der Waals surface area contributed by atoms with E-state index in [4.69, 9.17) is 14.9 Å². The second-order valence-electron chi connectivity index (χ2n) is 4.65. The van der Waals surface area contributed by atoms with Gasteiger partial charge in [0.25, 0.3) is 0 Å². The normalized spacial score (nSPS) is 11.6. The summed E-state index contributed by atoms with van der Waals surface area (Å²) in [5.41, 5.74) is 4.15. The molecule has 0 amide bonds. The number of rotatable bonds is 4. The van der Waals surface area contributed by atoms with Crippen LogP contribution in [0, 0.1) is 0 Å². The van der Waals surface area contributed by atoms with Crippen molar-refractivity contribution in [3.8, 4) is 0 Å². The minimum Gasteiger partial charge on any atom is -0.423 e. The molecule has 0 aliphatic carbocycles. The van der Waals surface area contributed by atoms with E-state index in [1.54, 1.807) is 12.1 Å². The minimum atomic E-state index is -1.41. The summed E-state index contributed by atoms with van der Waals surface area (Å²) in [5.74, 6) is 0. The first-order valence-corrected chi connectivity index (χ1v) is 5.24. The Kier molecular flexibility index (Phi) is 4.50. The highest BCUT2D eigenvalue weighted by atomic mass is 16.7. The summed E-state index contributed by atoms with van der Waals surface area (Å²) in [6.45, 7) is 6.47. The molecule has 0 unspecified atom stereocenters. The molecule has 16 heavy (non-hydrogen) atoms. The van der Waals surface area contributed by atoms with Crippen LogP contribution < -0.4 is 10.9 Å². The van der Waals surface area contributed by atoms with Gasteiger partial charge in [0.15, 0.2) is 0 Å². The Labute approximate surface area is 96.4 Å². The second-order valence-corrected chi connectivity index (χ2v) is 4.65. The van der Waals surface area contributed by atoms with Gasteiger partial charge in [0.2, 0.25) is 0 Å². The molecule has 0 heterocycles. The average molecular weight is 223 g/mol. The van der Waals surface area contributed by atoms with Crippen molar-refractivity contribution in [3.63, 3.8) is 0 Å². The molecule has 0 aliphatic rings. The summed E-state index contributed by atoms with van der Waals surface area (Å²) in [7, 11) is -1.41. The van der Waals surface area contributed by atoms with Crippen molar-refractivity contribution in [2.75, 3.05) is 0 Å². The largest absolute Gasteiger partial charge is 0.488 e. The maximum Gasteiger partial charge on any atom is 0.488 e. The molecule has 5 heteroatoms. The lowest BCUT2D eigenvalue weighted by molar-refractivity contribution is -0.0757. The van der Waals surface area contributed by atoms with Gasteiger partial charge in [0, 0.05) is 6.54 Å². The van der Waals surface area contributed by atoms with Crippen molar-refractivity contribution in [2.45, 2.75) is 32.9 Å². The van der Waals surface area contributed by atoms with E-state index < -0.39 is 7.12 Å². The number of hydroxylamine groups is 1. The van der Waals surface area contributed by atoms with Gasteiger partial charge in [-0.1, -0.05) is 24.3 Å². The summed E-state index contributed by atoms with van der Waals surface area (Å²) in [5, 5.41) is 17.8. The quantitative estimate of drug-likeness (QED) is 0.503. The molecule has 0 saturated carbocycles. The van der Waals surface area contributed by atoms with E-state index in [1.807, 2.05) is 32.9 Å². The van der Waals surface area contributed by atoms with Gasteiger partial charge in [0.1, 0.15) is 0 Å². The third-order valence-corrected chi connectivity index (χ3v) is 1.93. The highest BCUT2D eigenvalue weighted by Gasteiger charge is 2.11. The van der Waals surface area contributed by atoms with E-state index in [1.165, 1.54) is 0 Å². The molecule has 1 rings (SSSR count). The van der Waals surface area contributed by atoms with Gasteiger partial charge in [-0.15, -0.1) is 0 Å². The molecule has 0 saturated heterocycles. The van der Waals surface area contributed by atoms with Crippen LogP contribution in [-0.2, 0) is 11.4 Å². The molecule has 0 fully saturated rings. The molecule has 0 aliphatic heterocycles. The second kappa shape index (κ2) is 5.45. The number of nitrogens with one attached hydrogen (secondary N) is 1. The van der Waals surface area contributed by atoms with Gasteiger partial charge >= 0.3 is 7.12 Å². The van der Waals surface area contributed by atoms with E-state index >= 15 is 0 Å². The molecule has 0 spiro atoms. The van der Waals surface area contributed by atoms with E-state index in [0.717, 1.165) is 5.56 Å². The van der Waals surface area contributed by atoms with Crippen molar-refractivity contribution >= 4 is 12.6 Å². The first kappa shape index (κ1) is 13.2. The summed E-state index contributed by atoms with van der Waals surface area (Å²) < 4.78 is 0. The first-order chi connectivity index (χ1) is 7.38. The van der Waals surface area contributed by atoms with Crippen LogP contribution in [0.2, 0.25) is 0 Å². The van der Waals surface area contributed by atoms with E-state index in [9.17, 15) is 0 Å². The Balaban J connectivity index is 2.44. The van der Waals surface area contributed by atoms with Gasteiger partial charge in [-0.05, 0) is 31.8 Å². The molecule has 1 aromatic rings. The molecule has 0 bridgehead atoms. The Bertz CT molecular complexity index is 319. The molecule has 0 atom stereocenters. The van der Waals surface area contributed by atoms with E-state index in [2.05, 4.69) is 5.48 Å². The fraction of sp³-hybridized carbons (Fsp3) is 0.455. The van der Waals surface area contributed by atoms with Crippen molar-refractivity contribution in [3.05, 3.63) is 29.8 Å². The zero-order valence-corrected chi connectivity index (χ0v) is 9.90. The Morgan fingerprint density at radius 1 is 1.19 bits per heavy atom. The lowest BCUT2D eigenvalue weighted by Gasteiger charge is -2.19. The monoisotopic (exact) mass is 223 g/mol. The van der Waals surface area contributed by atoms with Crippen molar-refractivity contribution < 1.29 is 14.9 Å². The Hall–Kier alpha value is -0.875. The molecule has 0 radical (unpaired) electrons. The van der Waals surface area contributed by atoms with Crippen LogP contribution in [0.15, 0.2) is 24.3 Å². The zero-order chi connectivity index (χ0) is 12.2. The number of benzene rings is 1. The number of hydrogen-bond acceptors (Lipinski definition) is 4. The van der Waals surface area contributed by atoms with Crippen molar-refractivity contribution in [1.82, 2.24) is 5.48 Å². The highest BCUT2D eigenvalue weighted by molar-refractivity contribution is 6.58. The van der Waals surface area contributed by atoms with Gasteiger partial charge in [-0.2, -0.15) is 5.48 Å². The van der Waals surface area contributed by atoms with Crippen LogP contribution in [0.4, 0.5) is 0 Å². The van der Waals surface area contributed by atoms with Crippen LogP contribution in [0.5, 0.6) is 0 Å². The van der Waals surface area contributed by atoms with Gasteiger partial charge in [0.05, 0.1) is 5.60 Å². The SMILES string of the molecule is CC(C)(C)ONCc1ccc(B(O)O)cc1. The highest BCUT2D eigenvalue weighted by Crippen LogP contribution is 2.05. The standard InChI is InChI=1S/C11H18BNO3/c1-11(2,3)16-13-8-9-4-6-10(7-5-9)12(14)15/h4-7,13-15H,8H2,1-3H3. The predicted octanol–water partition coefficient (Wildman–Crippen LogP) is 0.186. The maximum absolute atomic E-state index is 8.91. The first-order valence-electron chi connectivity index (χ1n) is 5.24. The van der Waals surface area contributed by atoms with Gasteiger partial charge < -0.3 is 10.0 Å². The van der Waals surface area contributed by atoms with Crippen molar-refractivity contribution in [1.29, 1.82) is 0 Å². The predicted molar refractivity (Wildman–Crippen MR) is 63.9 cm³/mol. The lowest BCUT2D eigenvalue weighted by Crippen LogP contribution is -2.30. The molecule has 3 N–H and O–H groups in total. The smallest absolute Gasteiger partial charge is 0.423 e.